The zero-order valence-electron chi connectivity index (χ0n) is 14.2. The van der Waals surface area contributed by atoms with Crippen LogP contribution in [0, 0.1) is 0 Å². The Bertz CT molecular complexity index is 412. The van der Waals surface area contributed by atoms with Crippen molar-refractivity contribution < 1.29 is 0 Å². The maximum Gasteiger partial charge on any atom is 0.0473 e. The highest BCUT2D eigenvalue weighted by Crippen LogP contribution is 2.26. The third kappa shape index (κ3) is 4.08. The zero-order chi connectivity index (χ0) is 15.2. The highest BCUT2D eigenvalue weighted by molar-refractivity contribution is 5.26. The lowest BCUT2D eigenvalue weighted by Gasteiger charge is -2.38. The van der Waals surface area contributed by atoms with Gasteiger partial charge in [0, 0.05) is 18.1 Å². The van der Waals surface area contributed by atoms with Crippen molar-refractivity contribution >= 4 is 0 Å². The average molecular weight is 288 g/mol. The van der Waals surface area contributed by atoms with Gasteiger partial charge in [-0.05, 0) is 57.8 Å². The molecule has 1 aliphatic rings. The van der Waals surface area contributed by atoms with Crippen molar-refractivity contribution in [2.24, 2.45) is 0 Å². The molecule has 0 aromatic heterocycles. The minimum absolute atomic E-state index is 0.413. The summed E-state index contributed by atoms with van der Waals surface area (Å²) >= 11 is 0. The van der Waals surface area contributed by atoms with E-state index >= 15 is 0 Å². The molecule has 1 aliphatic heterocycles. The van der Waals surface area contributed by atoms with Crippen molar-refractivity contribution in [2.45, 2.75) is 71.0 Å². The van der Waals surface area contributed by atoms with Gasteiger partial charge in [0.05, 0.1) is 0 Å². The maximum absolute atomic E-state index is 3.55. The molecule has 1 saturated heterocycles. The Kier molecular flexibility index (Phi) is 6.25. The van der Waals surface area contributed by atoms with Gasteiger partial charge in [-0.25, -0.2) is 0 Å². The minimum atomic E-state index is 0.413. The molecule has 0 saturated carbocycles. The number of nitrogens with zero attached hydrogens (tertiary/aromatic N) is 1. The van der Waals surface area contributed by atoms with Crippen molar-refractivity contribution in [3.63, 3.8) is 0 Å². The molecule has 1 fully saturated rings. The molecule has 0 bridgehead atoms. The molecule has 0 aliphatic carbocycles. The Balaban J connectivity index is 2.14. The van der Waals surface area contributed by atoms with Gasteiger partial charge < -0.3 is 5.32 Å². The highest BCUT2D eigenvalue weighted by Gasteiger charge is 2.28. The lowest BCUT2D eigenvalue weighted by molar-refractivity contribution is 0.129. The molecule has 0 radical (unpaired) electrons. The summed E-state index contributed by atoms with van der Waals surface area (Å²) in [7, 11) is 2.09. The lowest BCUT2D eigenvalue weighted by atomic mass is 9.96. The van der Waals surface area contributed by atoms with Crippen LogP contribution in [-0.4, -0.2) is 30.6 Å². The van der Waals surface area contributed by atoms with Crippen LogP contribution in [0.25, 0.3) is 0 Å². The van der Waals surface area contributed by atoms with Crippen LogP contribution in [0.15, 0.2) is 24.3 Å². The number of hydrogen-bond donors (Lipinski definition) is 1. The van der Waals surface area contributed by atoms with E-state index in [0.29, 0.717) is 18.1 Å². The first kappa shape index (κ1) is 16.5. The summed E-state index contributed by atoms with van der Waals surface area (Å²) in [5.74, 6) is 0. The summed E-state index contributed by atoms with van der Waals surface area (Å²) in [5.41, 5.74) is 2.84. The van der Waals surface area contributed by atoms with E-state index in [0.717, 1.165) is 6.42 Å². The van der Waals surface area contributed by atoms with Crippen molar-refractivity contribution in [3.8, 4) is 0 Å². The molecular formula is C19H32N2. The molecule has 0 amide bonds. The van der Waals surface area contributed by atoms with Crippen molar-refractivity contribution in [1.29, 1.82) is 0 Å². The minimum Gasteiger partial charge on any atom is -0.312 e. The van der Waals surface area contributed by atoms with Crippen molar-refractivity contribution in [1.82, 2.24) is 10.2 Å². The van der Waals surface area contributed by atoms with Gasteiger partial charge in [-0.15, -0.1) is 0 Å². The van der Waals surface area contributed by atoms with Crippen LogP contribution in [-0.2, 0) is 6.42 Å². The SMILES string of the molecule is CCc1ccc(C(NC)C(C)N2CCCCCC2C)cc1. The van der Waals surface area contributed by atoms with Crippen LogP contribution < -0.4 is 5.32 Å². The molecule has 0 spiro atoms. The van der Waals surface area contributed by atoms with Crippen LogP contribution in [0.1, 0.15) is 63.6 Å². The average Bonchev–Trinajstić information content (AvgIpc) is 2.73. The first-order valence-corrected chi connectivity index (χ1v) is 8.69. The summed E-state index contributed by atoms with van der Waals surface area (Å²) in [5, 5.41) is 3.55. The van der Waals surface area contributed by atoms with E-state index in [1.807, 2.05) is 0 Å². The van der Waals surface area contributed by atoms with E-state index in [4.69, 9.17) is 0 Å². The van der Waals surface area contributed by atoms with Gasteiger partial charge in [-0.1, -0.05) is 44.0 Å². The predicted octanol–water partition coefficient (Wildman–Crippen LogP) is 4.16. The molecule has 21 heavy (non-hydrogen) atoms. The molecule has 2 nitrogen and oxygen atoms in total. The third-order valence-electron chi connectivity index (χ3n) is 5.17. The highest BCUT2D eigenvalue weighted by atomic mass is 15.2. The Labute approximate surface area is 130 Å². The molecule has 1 N–H and O–H groups in total. The fourth-order valence-corrected chi connectivity index (χ4v) is 3.74. The fraction of sp³-hybridized carbons (Fsp3) is 0.684. The Hall–Kier alpha value is -0.860. The smallest absolute Gasteiger partial charge is 0.0473 e. The Morgan fingerprint density at radius 3 is 2.52 bits per heavy atom. The topological polar surface area (TPSA) is 15.3 Å². The van der Waals surface area contributed by atoms with Crippen molar-refractivity contribution in [2.75, 3.05) is 13.6 Å². The number of nitrogens with one attached hydrogen (secondary N) is 1. The normalized spacial score (nSPS) is 23.5. The lowest BCUT2D eigenvalue weighted by Crippen LogP contribution is -2.46. The molecule has 118 valence electrons. The standard InChI is InChI=1S/C19H32N2/c1-5-17-10-12-18(13-11-17)19(20-4)16(3)21-14-8-6-7-9-15(21)2/h10-13,15-16,19-20H,5-9,14H2,1-4H3. The quantitative estimate of drug-likeness (QED) is 0.875. The van der Waals surface area contributed by atoms with E-state index in [1.165, 1.54) is 43.4 Å². The van der Waals surface area contributed by atoms with Gasteiger partial charge in [-0.3, -0.25) is 4.90 Å². The second-order valence-corrected chi connectivity index (χ2v) is 6.54. The summed E-state index contributed by atoms with van der Waals surface area (Å²) in [6, 6.07) is 10.8. The fourth-order valence-electron chi connectivity index (χ4n) is 3.74. The zero-order valence-corrected chi connectivity index (χ0v) is 14.2. The number of rotatable bonds is 5. The number of aryl methyl sites for hydroxylation is 1. The van der Waals surface area contributed by atoms with Gasteiger partial charge in [-0.2, -0.15) is 0 Å². The van der Waals surface area contributed by atoms with Gasteiger partial charge in [0.1, 0.15) is 0 Å². The summed E-state index contributed by atoms with van der Waals surface area (Å²) in [6.45, 7) is 8.24. The van der Waals surface area contributed by atoms with Gasteiger partial charge in [0.25, 0.3) is 0 Å². The van der Waals surface area contributed by atoms with E-state index in [9.17, 15) is 0 Å². The summed E-state index contributed by atoms with van der Waals surface area (Å²) < 4.78 is 0. The number of likely N-dealkylation sites (tertiary alicyclic amines) is 1. The molecule has 1 heterocycles. The third-order valence-corrected chi connectivity index (χ3v) is 5.17. The van der Waals surface area contributed by atoms with E-state index in [-0.39, 0.29) is 0 Å². The first-order chi connectivity index (χ1) is 10.2. The summed E-state index contributed by atoms with van der Waals surface area (Å²) in [4.78, 5) is 2.71. The monoisotopic (exact) mass is 288 g/mol. The van der Waals surface area contributed by atoms with Crippen LogP contribution in [0.4, 0.5) is 0 Å². The van der Waals surface area contributed by atoms with Crippen LogP contribution in [0.5, 0.6) is 0 Å². The van der Waals surface area contributed by atoms with Gasteiger partial charge >= 0.3 is 0 Å². The van der Waals surface area contributed by atoms with E-state index < -0.39 is 0 Å². The first-order valence-electron chi connectivity index (χ1n) is 8.69. The second kappa shape index (κ2) is 7.95. The van der Waals surface area contributed by atoms with Crippen LogP contribution in [0.2, 0.25) is 0 Å². The number of benzene rings is 1. The van der Waals surface area contributed by atoms with E-state index in [1.54, 1.807) is 0 Å². The predicted molar refractivity (Wildman–Crippen MR) is 91.7 cm³/mol. The van der Waals surface area contributed by atoms with Crippen molar-refractivity contribution in [3.05, 3.63) is 35.4 Å². The molecule has 1 aromatic carbocycles. The Morgan fingerprint density at radius 2 is 1.90 bits per heavy atom. The molecule has 1 aromatic rings. The molecule has 2 heteroatoms. The van der Waals surface area contributed by atoms with Gasteiger partial charge in [0.2, 0.25) is 0 Å². The maximum atomic E-state index is 3.55. The number of hydrogen-bond acceptors (Lipinski definition) is 2. The Morgan fingerprint density at radius 1 is 1.19 bits per heavy atom. The molecule has 2 rings (SSSR count). The van der Waals surface area contributed by atoms with Gasteiger partial charge in [0.15, 0.2) is 0 Å². The molecular weight excluding hydrogens is 256 g/mol. The second-order valence-electron chi connectivity index (χ2n) is 6.54. The molecule has 3 atom stereocenters. The number of likely N-dealkylation sites (N-methyl/N-ethyl adjacent to an activating group) is 1. The van der Waals surface area contributed by atoms with E-state index in [2.05, 4.69) is 62.3 Å². The van der Waals surface area contributed by atoms with Crippen LogP contribution in [0.3, 0.4) is 0 Å². The van der Waals surface area contributed by atoms with Crippen LogP contribution >= 0.6 is 0 Å². The summed E-state index contributed by atoms with van der Waals surface area (Å²) in [6.07, 6.45) is 6.58. The largest absolute Gasteiger partial charge is 0.312 e. The molecule has 3 unspecified atom stereocenters.